The Balaban J connectivity index is 1.74. The number of carbonyl (C=O) groups is 1. The molecule has 10 heteroatoms. The molecule has 1 N–H and O–H groups in total. The number of benzene rings is 2. The Morgan fingerprint density at radius 2 is 2.03 bits per heavy atom. The van der Waals surface area contributed by atoms with Gasteiger partial charge in [0.1, 0.15) is 12.4 Å². The van der Waals surface area contributed by atoms with Gasteiger partial charge in [0.05, 0.1) is 29.0 Å². The Hall–Kier alpha value is -2.91. The molecule has 0 bridgehead atoms. The van der Waals surface area contributed by atoms with E-state index >= 15 is 0 Å². The van der Waals surface area contributed by atoms with Crippen LogP contribution in [0.5, 0.6) is 0 Å². The number of para-hydroxylation sites is 1. The normalized spacial score (nSPS) is 11.3. The summed E-state index contributed by atoms with van der Waals surface area (Å²) in [5, 5.41) is 2.48. The molecule has 1 aromatic heterocycles. The van der Waals surface area contributed by atoms with Crippen LogP contribution < -0.4 is 9.62 Å². The zero-order valence-corrected chi connectivity index (χ0v) is 17.0. The predicted molar refractivity (Wildman–Crippen MR) is 109 cm³/mol. The minimum Gasteiger partial charge on any atom is -0.350 e. The fourth-order valence-corrected chi connectivity index (χ4v) is 3.76. The van der Waals surface area contributed by atoms with Crippen molar-refractivity contribution < 1.29 is 17.6 Å². The zero-order valence-electron chi connectivity index (χ0n) is 15.4. The maximum Gasteiger partial charge on any atom is 0.241 e. The van der Waals surface area contributed by atoms with Crippen molar-refractivity contribution in [1.82, 2.24) is 14.9 Å². The fourth-order valence-electron chi connectivity index (χ4n) is 2.73. The monoisotopic (exact) mass is 436 g/mol. The molecule has 3 rings (SSSR count). The van der Waals surface area contributed by atoms with E-state index in [9.17, 15) is 17.6 Å². The topological polar surface area (TPSA) is 84.3 Å². The number of amides is 1. The second-order valence-corrected chi connectivity index (χ2v) is 8.56. The van der Waals surface area contributed by atoms with Gasteiger partial charge in [0.2, 0.25) is 15.9 Å². The first-order valence-corrected chi connectivity index (χ1v) is 10.7. The average molecular weight is 437 g/mol. The van der Waals surface area contributed by atoms with E-state index in [-0.39, 0.29) is 17.3 Å². The van der Waals surface area contributed by atoms with Crippen LogP contribution in [-0.2, 0) is 21.4 Å². The van der Waals surface area contributed by atoms with E-state index in [4.69, 9.17) is 11.6 Å². The van der Waals surface area contributed by atoms with Gasteiger partial charge in [-0.25, -0.2) is 17.8 Å². The number of halogens is 2. The standard InChI is InChI=1S/C19H18ClFN4O3S/c1-29(27,28)25(15-6-7-17(21)16(20)10-15)12-19(26)23-11-14-4-2-3-5-18(14)24-9-8-22-13-24/h2-10,13H,11-12H2,1H3,(H,23,26). The van der Waals surface area contributed by atoms with Crippen molar-refractivity contribution in [2.45, 2.75) is 6.54 Å². The van der Waals surface area contributed by atoms with Crippen molar-refractivity contribution in [3.8, 4) is 5.69 Å². The van der Waals surface area contributed by atoms with Crippen LogP contribution in [0.2, 0.25) is 5.02 Å². The maximum atomic E-state index is 13.4. The van der Waals surface area contributed by atoms with Crippen LogP contribution in [-0.4, -0.2) is 36.7 Å². The number of rotatable bonds is 7. The Kier molecular flexibility index (Phi) is 6.19. The molecule has 0 aliphatic rings. The molecule has 152 valence electrons. The van der Waals surface area contributed by atoms with Gasteiger partial charge in [0, 0.05) is 18.9 Å². The first kappa shape index (κ1) is 20.8. The summed E-state index contributed by atoms with van der Waals surface area (Å²) < 4.78 is 40.4. The molecule has 0 saturated heterocycles. The average Bonchev–Trinajstić information content (AvgIpc) is 3.21. The smallest absolute Gasteiger partial charge is 0.241 e. The zero-order chi connectivity index (χ0) is 21.0. The largest absolute Gasteiger partial charge is 0.350 e. The molecule has 0 radical (unpaired) electrons. The third-order valence-electron chi connectivity index (χ3n) is 4.13. The van der Waals surface area contributed by atoms with Crippen LogP contribution in [0, 0.1) is 5.82 Å². The van der Waals surface area contributed by atoms with Gasteiger partial charge in [-0.1, -0.05) is 29.8 Å². The number of anilines is 1. The van der Waals surface area contributed by atoms with Gasteiger partial charge in [0.15, 0.2) is 0 Å². The molecule has 0 aliphatic heterocycles. The first-order valence-electron chi connectivity index (χ1n) is 8.51. The van der Waals surface area contributed by atoms with Crippen molar-refractivity contribution in [1.29, 1.82) is 0 Å². The van der Waals surface area contributed by atoms with Gasteiger partial charge >= 0.3 is 0 Å². The molecule has 0 saturated carbocycles. The van der Waals surface area contributed by atoms with E-state index in [0.717, 1.165) is 27.9 Å². The lowest BCUT2D eigenvalue weighted by Crippen LogP contribution is -2.40. The van der Waals surface area contributed by atoms with E-state index in [1.165, 1.54) is 12.1 Å². The Morgan fingerprint density at radius 3 is 2.69 bits per heavy atom. The van der Waals surface area contributed by atoms with Crippen LogP contribution in [0.4, 0.5) is 10.1 Å². The highest BCUT2D eigenvalue weighted by atomic mass is 35.5. The van der Waals surface area contributed by atoms with Gasteiger partial charge in [0.25, 0.3) is 0 Å². The number of nitrogens with one attached hydrogen (secondary N) is 1. The molecule has 0 aliphatic carbocycles. The van der Waals surface area contributed by atoms with E-state index in [2.05, 4.69) is 10.3 Å². The van der Waals surface area contributed by atoms with Crippen LogP contribution in [0.3, 0.4) is 0 Å². The summed E-state index contributed by atoms with van der Waals surface area (Å²) in [5.74, 6) is -1.19. The van der Waals surface area contributed by atoms with Gasteiger partial charge in [-0.15, -0.1) is 0 Å². The van der Waals surface area contributed by atoms with Crippen molar-refractivity contribution >= 4 is 33.2 Å². The van der Waals surface area contributed by atoms with E-state index in [1.807, 2.05) is 28.8 Å². The molecule has 0 spiro atoms. The summed E-state index contributed by atoms with van der Waals surface area (Å²) in [7, 11) is -3.79. The minimum absolute atomic E-state index is 0.105. The molecular weight excluding hydrogens is 419 g/mol. The fraction of sp³-hybridized carbons (Fsp3) is 0.158. The number of sulfonamides is 1. The van der Waals surface area contributed by atoms with Gasteiger partial charge in [-0.3, -0.25) is 9.10 Å². The highest BCUT2D eigenvalue weighted by Crippen LogP contribution is 2.24. The molecule has 7 nitrogen and oxygen atoms in total. The van der Waals surface area contributed by atoms with Crippen LogP contribution in [0.15, 0.2) is 61.2 Å². The van der Waals surface area contributed by atoms with Crippen molar-refractivity contribution in [3.05, 3.63) is 77.6 Å². The molecule has 2 aromatic carbocycles. The Labute approximate surface area is 172 Å². The lowest BCUT2D eigenvalue weighted by Gasteiger charge is -2.22. The summed E-state index contributed by atoms with van der Waals surface area (Å²) >= 11 is 5.75. The molecule has 0 fully saturated rings. The van der Waals surface area contributed by atoms with Crippen molar-refractivity contribution in [2.24, 2.45) is 0 Å². The summed E-state index contributed by atoms with van der Waals surface area (Å²) in [4.78, 5) is 16.5. The second-order valence-electron chi connectivity index (χ2n) is 6.24. The van der Waals surface area contributed by atoms with Crippen LogP contribution >= 0.6 is 11.6 Å². The number of carbonyl (C=O) groups excluding carboxylic acids is 1. The Morgan fingerprint density at radius 1 is 1.28 bits per heavy atom. The molecule has 1 amide bonds. The second kappa shape index (κ2) is 8.62. The van der Waals surface area contributed by atoms with E-state index in [0.29, 0.717) is 0 Å². The Bertz CT molecular complexity index is 1120. The summed E-state index contributed by atoms with van der Waals surface area (Å²) in [6.07, 6.45) is 6.04. The SMILES string of the molecule is CS(=O)(=O)N(CC(=O)NCc1ccccc1-n1ccnc1)c1ccc(F)c(Cl)c1. The third-order valence-corrected chi connectivity index (χ3v) is 5.56. The highest BCUT2D eigenvalue weighted by molar-refractivity contribution is 7.92. The molecule has 0 atom stereocenters. The summed E-state index contributed by atoms with van der Waals surface area (Å²) in [5.41, 5.74) is 1.78. The van der Waals surface area contributed by atoms with Gasteiger partial charge in [-0.2, -0.15) is 0 Å². The molecule has 3 aromatic rings. The molecule has 29 heavy (non-hydrogen) atoms. The number of aromatic nitrogens is 2. The van der Waals surface area contributed by atoms with Gasteiger partial charge in [-0.05, 0) is 29.8 Å². The first-order chi connectivity index (χ1) is 13.8. The minimum atomic E-state index is -3.79. The molecular formula is C19H18ClFN4O3S. The molecule has 1 heterocycles. The van der Waals surface area contributed by atoms with Gasteiger partial charge < -0.3 is 9.88 Å². The van der Waals surface area contributed by atoms with E-state index in [1.54, 1.807) is 18.7 Å². The van der Waals surface area contributed by atoms with Crippen LogP contribution in [0.1, 0.15) is 5.56 Å². The summed E-state index contributed by atoms with van der Waals surface area (Å²) in [6.45, 7) is -0.275. The highest BCUT2D eigenvalue weighted by Gasteiger charge is 2.22. The maximum absolute atomic E-state index is 13.4. The van der Waals surface area contributed by atoms with E-state index < -0.39 is 28.3 Å². The molecule has 0 unspecified atom stereocenters. The predicted octanol–water partition coefficient (Wildman–Crippen LogP) is 2.75. The lowest BCUT2D eigenvalue weighted by molar-refractivity contribution is -0.119. The lowest BCUT2D eigenvalue weighted by atomic mass is 10.1. The number of hydrogen-bond donors (Lipinski definition) is 1. The van der Waals surface area contributed by atoms with Crippen molar-refractivity contribution in [2.75, 3.05) is 17.1 Å². The third kappa shape index (κ3) is 5.12. The summed E-state index contributed by atoms with van der Waals surface area (Å²) in [6, 6.07) is 10.9. The quantitative estimate of drug-likeness (QED) is 0.617. The number of nitrogens with zero attached hydrogens (tertiary/aromatic N) is 3. The van der Waals surface area contributed by atoms with Crippen molar-refractivity contribution in [3.63, 3.8) is 0 Å². The number of imidazole rings is 1. The van der Waals surface area contributed by atoms with Crippen LogP contribution in [0.25, 0.3) is 5.69 Å². The number of hydrogen-bond acceptors (Lipinski definition) is 4.